The van der Waals surface area contributed by atoms with Gasteiger partial charge in [0.1, 0.15) is 0 Å². The third kappa shape index (κ3) is 4.46. The lowest BCUT2D eigenvalue weighted by atomic mass is 9.76. The Balaban J connectivity index is 1.87. The van der Waals surface area contributed by atoms with E-state index in [2.05, 4.69) is 38.0 Å². The molecule has 2 nitrogen and oxygen atoms in total. The molecule has 4 atom stereocenters. The predicted octanol–water partition coefficient (Wildman–Crippen LogP) is 3.91. The number of rotatable bonds is 8. The molecule has 0 heterocycles. The van der Waals surface area contributed by atoms with Crippen LogP contribution in [0.4, 0.5) is 0 Å². The average Bonchev–Trinajstić information content (AvgIpc) is 3.29. The predicted molar refractivity (Wildman–Crippen MR) is 88.0 cm³/mol. The van der Waals surface area contributed by atoms with Gasteiger partial charge in [0.2, 0.25) is 0 Å². The Morgan fingerprint density at radius 1 is 1.15 bits per heavy atom. The molecule has 0 radical (unpaired) electrons. The third-order valence-corrected chi connectivity index (χ3v) is 5.85. The number of hydrogen-bond donors (Lipinski definition) is 1. The highest BCUT2D eigenvalue weighted by molar-refractivity contribution is 4.89. The molecular weight excluding hydrogens is 244 g/mol. The Morgan fingerprint density at radius 3 is 2.50 bits per heavy atom. The summed E-state index contributed by atoms with van der Waals surface area (Å²) in [7, 11) is 2.36. The summed E-state index contributed by atoms with van der Waals surface area (Å²) < 4.78 is 0. The van der Waals surface area contributed by atoms with Crippen molar-refractivity contribution in [2.45, 2.75) is 77.8 Å². The average molecular weight is 281 g/mol. The van der Waals surface area contributed by atoms with Crippen LogP contribution in [0.2, 0.25) is 0 Å². The van der Waals surface area contributed by atoms with E-state index in [-0.39, 0.29) is 0 Å². The fourth-order valence-corrected chi connectivity index (χ4v) is 4.01. The number of hydrogen-bond acceptors (Lipinski definition) is 2. The highest BCUT2D eigenvalue weighted by Crippen LogP contribution is 2.36. The van der Waals surface area contributed by atoms with Gasteiger partial charge in [-0.25, -0.2) is 0 Å². The highest BCUT2D eigenvalue weighted by Gasteiger charge is 2.34. The highest BCUT2D eigenvalue weighted by atomic mass is 15.1. The van der Waals surface area contributed by atoms with Crippen LogP contribution in [0.15, 0.2) is 0 Å². The molecule has 2 heteroatoms. The molecule has 1 N–H and O–H groups in total. The maximum atomic E-state index is 3.83. The van der Waals surface area contributed by atoms with Gasteiger partial charge in [0.05, 0.1) is 0 Å². The Hall–Kier alpha value is -0.0800. The molecule has 0 spiro atoms. The summed E-state index contributed by atoms with van der Waals surface area (Å²) in [5.74, 6) is 2.84. The molecule has 4 unspecified atom stereocenters. The summed E-state index contributed by atoms with van der Waals surface area (Å²) in [6, 6.07) is 1.57. The lowest BCUT2D eigenvalue weighted by Crippen LogP contribution is -2.47. The molecule has 20 heavy (non-hydrogen) atoms. The van der Waals surface area contributed by atoms with Gasteiger partial charge in [-0.2, -0.15) is 0 Å². The van der Waals surface area contributed by atoms with E-state index in [4.69, 9.17) is 0 Å². The molecule has 0 aromatic rings. The first-order valence-electron chi connectivity index (χ1n) is 9.09. The molecule has 2 saturated carbocycles. The van der Waals surface area contributed by atoms with Gasteiger partial charge in [-0.1, -0.05) is 20.3 Å². The maximum absolute atomic E-state index is 3.83. The topological polar surface area (TPSA) is 15.3 Å². The molecular formula is C18H36N2. The van der Waals surface area contributed by atoms with Crippen molar-refractivity contribution in [1.82, 2.24) is 10.2 Å². The van der Waals surface area contributed by atoms with E-state index in [1.54, 1.807) is 0 Å². The number of nitrogens with zero attached hydrogens (tertiary/aromatic N) is 1. The van der Waals surface area contributed by atoms with Crippen molar-refractivity contribution in [3.8, 4) is 0 Å². The molecule has 0 aromatic carbocycles. The van der Waals surface area contributed by atoms with Gasteiger partial charge in [-0.3, -0.25) is 0 Å². The van der Waals surface area contributed by atoms with Crippen molar-refractivity contribution < 1.29 is 0 Å². The summed E-state index contributed by atoms with van der Waals surface area (Å²) in [5, 5.41) is 3.83. The fraction of sp³-hybridized carbons (Fsp3) is 1.00. The van der Waals surface area contributed by atoms with Gasteiger partial charge in [0.15, 0.2) is 0 Å². The second-order valence-electron chi connectivity index (χ2n) is 7.43. The summed E-state index contributed by atoms with van der Waals surface area (Å²) in [6.45, 7) is 9.58. The van der Waals surface area contributed by atoms with Gasteiger partial charge >= 0.3 is 0 Å². The molecule has 0 saturated heterocycles. The van der Waals surface area contributed by atoms with Crippen LogP contribution in [0, 0.1) is 17.8 Å². The largest absolute Gasteiger partial charge is 0.314 e. The van der Waals surface area contributed by atoms with Crippen molar-refractivity contribution in [1.29, 1.82) is 0 Å². The molecule has 2 fully saturated rings. The van der Waals surface area contributed by atoms with Crippen LogP contribution in [0.25, 0.3) is 0 Å². The van der Waals surface area contributed by atoms with Crippen molar-refractivity contribution in [3.05, 3.63) is 0 Å². The second kappa shape index (κ2) is 7.79. The van der Waals surface area contributed by atoms with Gasteiger partial charge in [0, 0.05) is 18.6 Å². The maximum Gasteiger partial charge on any atom is 0.0108 e. The third-order valence-electron chi connectivity index (χ3n) is 5.85. The van der Waals surface area contributed by atoms with E-state index < -0.39 is 0 Å². The molecule has 0 bridgehead atoms. The van der Waals surface area contributed by atoms with Gasteiger partial charge in [-0.05, 0) is 76.8 Å². The van der Waals surface area contributed by atoms with E-state index in [1.165, 1.54) is 58.0 Å². The Labute approximate surface area is 126 Å². The van der Waals surface area contributed by atoms with Crippen molar-refractivity contribution in [3.63, 3.8) is 0 Å². The van der Waals surface area contributed by atoms with Crippen LogP contribution in [0.5, 0.6) is 0 Å². The Kier molecular flexibility index (Phi) is 6.35. The van der Waals surface area contributed by atoms with Crippen molar-refractivity contribution >= 4 is 0 Å². The van der Waals surface area contributed by atoms with Crippen LogP contribution >= 0.6 is 0 Å². The van der Waals surface area contributed by atoms with E-state index in [1.807, 2.05) is 0 Å². The lowest BCUT2D eigenvalue weighted by Gasteiger charge is -2.40. The SMILES string of the molecule is CCCNC1CCC(CC)CC1CN(C)C(C)C1CC1. The fourth-order valence-electron chi connectivity index (χ4n) is 4.01. The van der Waals surface area contributed by atoms with Crippen LogP contribution in [0.3, 0.4) is 0 Å². The summed E-state index contributed by atoms with van der Waals surface area (Å²) in [6.07, 6.45) is 9.84. The molecule has 118 valence electrons. The molecule has 2 aliphatic carbocycles. The van der Waals surface area contributed by atoms with Gasteiger partial charge < -0.3 is 10.2 Å². The molecule has 0 amide bonds. The zero-order valence-corrected chi connectivity index (χ0v) is 14.2. The number of nitrogens with one attached hydrogen (secondary N) is 1. The normalized spacial score (nSPS) is 32.5. The van der Waals surface area contributed by atoms with Gasteiger partial charge in [-0.15, -0.1) is 0 Å². The molecule has 2 aliphatic rings. The van der Waals surface area contributed by atoms with E-state index >= 15 is 0 Å². The molecule has 0 aliphatic heterocycles. The molecule has 0 aromatic heterocycles. The zero-order chi connectivity index (χ0) is 14.5. The summed E-state index contributed by atoms with van der Waals surface area (Å²) >= 11 is 0. The van der Waals surface area contributed by atoms with Crippen LogP contribution in [0.1, 0.15) is 65.7 Å². The first-order chi connectivity index (χ1) is 9.65. The van der Waals surface area contributed by atoms with E-state index in [0.29, 0.717) is 0 Å². The minimum atomic E-state index is 0.770. The van der Waals surface area contributed by atoms with E-state index in [0.717, 1.165) is 29.8 Å². The zero-order valence-electron chi connectivity index (χ0n) is 14.2. The van der Waals surface area contributed by atoms with Crippen molar-refractivity contribution in [2.75, 3.05) is 20.1 Å². The van der Waals surface area contributed by atoms with Crippen LogP contribution in [-0.2, 0) is 0 Å². The Bertz CT molecular complexity index is 275. The van der Waals surface area contributed by atoms with Gasteiger partial charge in [0.25, 0.3) is 0 Å². The van der Waals surface area contributed by atoms with E-state index in [9.17, 15) is 0 Å². The van der Waals surface area contributed by atoms with Crippen molar-refractivity contribution in [2.24, 2.45) is 17.8 Å². The molecule has 2 rings (SSSR count). The minimum Gasteiger partial charge on any atom is -0.314 e. The van der Waals surface area contributed by atoms with Crippen LogP contribution in [-0.4, -0.2) is 37.1 Å². The first-order valence-corrected chi connectivity index (χ1v) is 9.09. The standard InChI is InChI=1S/C18H36N2/c1-5-11-19-18-10-7-15(6-2)12-17(18)13-20(4)14(3)16-8-9-16/h14-19H,5-13H2,1-4H3. The monoisotopic (exact) mass is 280 g/mol. The minimum absolute atomic E-state index is 0.770. The Morgan fingerprint density at radius 2 is 1.90 bits per heavy atom. The lowest BCUT2D eigenvalue weighted by molar-refractivity contribution is 0.126. The summed E-state index contributed by atoms with van der Waals surface area (Å²) in [4.78, 5) is 2.65. The first kappa shape index (κ1) is 16.3. The quantitative estimate of drug-likeness (QED) is 0.725. The summed E-state index contributed by atoms with van der Waals surface area (Å²) in [5.41, 5.74) is 0. The smallest absolute Gasteiger partial charge is 0.0108 e. The second-order valence-corrected chi connectivity index (χ2v) is 7.43. The van der Waals surface area contributed by atoms with Crippen LogP contribution < -0.4 is 5.32 Å².